The molecular weight excluding hydrogens is 252 g/mol. The molecule has 2 heterocycles. The molecule has 0 aromatic carbocycles. The minimum atomic E-state index is -1.07. The Morgan fingerprint density at radius 2 is 2.11 bits per heavy atom. The number of aromatic carboxylic acids is 1. The zero-order chi connectivity index (χ0) is 14.0. The Bertz CT molecular complexity index is 496. The van der Waals surface area contributed by atoms with Crippen LogP contribution in [-0.4, -0.2) is 54.0 Å². The summed E-state index contributed by atoms with van der Waals surface area (Å²) in [5.74, 6) is -1.41. The van der Waals surface area contributed by atoms with Gasteiger partial charge in [0.15, 0.2) is 0 Å². The van der Waals surface area contributed by atoms with Gasteiger partial charge in [0.1, 0.15) is 17.5 Å². The maximum Gasteiger partial charge on any atom is 0.352 e. The number of hydrogen-bond donors (Lipinski definition) is 2. The lowest BCUT2D eigenvalue weighted by atomic mass is 10.2. The Morgan fingerprint density at radius 3 is 2.68 bits per heavy atom. The van der Waals surface area contributed by atoms with E-state index in [0.29, 0.717) is 18.9 Å². The molecule has 0 saturated carbocycles. The second-order valence-corrected chi connectivity index (χ2v) is 4.36. The van der Waals surface area contributed by atoms with Crippen LogP contribution >= 0.6 is 0 Å². The average Bonchev–Trinajstić information content (AvgIpc) is 2.95. The fourth-order valence-electron chi connectivity index (χ4n) is 2.10. The molecule has 0 spiro atoms. The van der Waals surface area contributed by atoms with Crippen LogP contribution in [0.3, 0.4) is 0 Å². The molecule has 2 rings (SSSR count). The van der Waals surface area contributed by atoms with Crippen molar-refractivity contribution >= 4 is 11.9 Å². The lowest BCUT2D eigenvalue weighted by Crippen LogP contribution is -2.43. The van der Waals surface area contributed by atoms with E-state index in [4.69, 9.17) is 14.6 Å². The first-order valence-corrected chi connectivity index (χ1v) is 5.85. The SMILES string of the molecule is CO[C@@H]1COC[C@@H]1NC(=O)c1ccc(C(=O)O)n1C. The molecule has 1 aromatic heterocycles. The van der Waals surface area contributed by atoms with E-state index in [1.807, 2.05) is 0 Å². The van der Waals surface area contributed by atoms with Crippen LogP contribution in [0.15, 0.2) is 12.1 Å². The highest BCUT2D eigenvalue weighted by Crippen LogP contribution is 2.12. The Hall–Kier alpha value is -1.86. The van der Waals surface area contributed by atoms with E-state index in [2.05, 4.69) is 5.32 Å². The highest BCUT2D eigenvalue weighted by molar-refractivity contribution is 5.96. The van der Waals surface area contributed by atoms with Crippen LogP contribution < -0.4 is 5.32 Å². The smallest absolute Gasteiger partial charge is 0.352 e. The van der Waals surface area contributed by atoms with Crippen molar-refractivity contribution in [3.63, 3.8) is 0 Å². The number of nitrogens with one attached hydrogen (secondary N) is 1. The number of carboxylic acid groups (broad SMARTS) is 1. The number of aromatic nitrogens is 1. The number of carbonyl (C=O) groups excluding carboxylic acids is 1. The normalized spacial score (nSPS) is 22.4. The summed E-state index contributed by atoms with van der Waals surface area (Å²) in [5, 5.41) is 11.7. The second kappa shape index (κ2) is 5.41. The number of hydrogen-bond acceptors (Lipinski definition) is 4. The zero-order valence-corrected chi connectivity index (χ0v) is 10.8. The van der Waals surface area contributed by atoms with E-state index >= 15 is 0 Å². The van der Waals surface area contributed by atoms with Gasteiger partial charge in [-0.15, -0.1) is 0 Å². The van der Waals surface area contributed by atoms with Crippen LogP contribution in [-0.2, 0) is 16.5 Å². The lowest BCUT2D eigenvalue weighted by Gasteiger charge is -2.17. The standard InChI is InChI=1S/C12H16N2O5/c1-14-8(3-4-9(14)12(16)17)11(15)13-7-5-19-6-10(7)18-2/h3-4,7,10H,5-6H2,1-2H3,(H,13,15)(H,16,17)/t7-,10+/m0/s1. The summed E-state index contributed by atoms with van der Waals surface area (Å²) in [7, 11) is 3.10. The van der Waals surface area contributed by atoms with E-state index in [-0.39, 0.29) is 23.7 Å². The Morgan fingerprint density at radius 1 is 1.42 bits per heavy atom. The fraction of sp³-hybridized carbons (Fsp3) is 0.500. The van der Waals surface area contributed by atoms with Crippen molar-refractivity contribution in [2.45, 2.75) is 12.1 Å². The van der Waals surface area contributed by atoms with Crippen molar-refractivity contribution < 1.29 is 24.2 Å². The van der Waals surface area contributed by atoms with Gasteiger partial charge in [0.25, 0.3) is 5.91 Å². The highest BCUT2D eigenvalue weighted by atomic mass is 16.5. The molecule has 1 aromatic rings. The minimum absolute atomic E-state index is 0.0658. The number of amides is 1. The van der Waals surface area contributed by atoms with Gasteiger partial charge in [0.05, 0.1) is 19.3 Å². The largest absolute Gasteiger partial charge is 0.477 e. The molecule has 1 aliphatic rings. The molecule has 1 amide bonds. The van der Waals surface area contributed by atoms with Crippen LogP contribution in [0.25, 0.3) is 0 Å². The predicted octanol–water partition coefficient (Wildman–Crippen LogP) is -0.133. The molecule has 0 bridgehead atoms. The van der Waals surface area contributed by atoms with E-state index in [1.54, 1.807) is 7.11 Å². The van der Waals surface area contributed by atoms with Gasteiger partial charge in [0.2, 0.25) is 0 Å². The van der Waals surface area contributed by atoms with E-state index in [0.717, 1.165) is 0 Å². The summed E-state index contributed by atoms with van der Waals surface area (Å²) in [6.45, 7) is 0.829. The first-order chi connectivity index (χ1) is 9.04. The van der Waals surface area contributed by atoms with Crippen LogP contribution in [0.1, 0.15) is 21.0 Å². The monoisotopic (exact) mass is 268 g/mol. The third kappa shape index (κ3) is 2.61. The molecule has 104 valence electrons. The highest BCUT2D eigenvalue weighted by Gasteiger charge is 2.30. The van der Waals surface area contributed by atoms with Crippen LogP contribution in [0.4, 0.5) is 0 Å². The lowest BCUT2D eigenvalue weighted by molar-refractivity contribution is 0.0679. The fourth-order valence-corrected chi connectivity index (χ4v) is 2.10. The second-order valence-electron chi connectivity index (χ2n) is 4.36. The third-order valence-corrected chi connectivity index (χ3v) is 3.22. The first-order valence-electron chi connectivity index (χ1n) is 5.85. The molecule has 0 unspecified atom stereocenters. The summed E-state index contributed by atoms with van der Waals surface area (Å²) >= 11 is 0. The summed E-state index contributed by atoms with van der Waals surface area (Å²) in [5.41, 5.74) is 0.357. The Kier molecular flexibility index (Phi) is 3.87. The molecule has 7 nitrogen and oxygen atoms in total. The number of carbonyl (C=O) groups is 2. The molecular formula is C12H16N2O5. The van der Waals surface area contributed by atoms with Gasteiger partial charge >= 0.3 is 5.97 Å². The molecule has 0 aliphatic carbocycles. The van der Waals surface area contributed by atoms with Gasteiger partial charge in [-0.25, -0.2) is 4.79 Å². The molecule has 7 heteroatoms. The van der Waals surface area contributed by atoms with Crippen LogP contribution in [0.2, 0.25) is 0 Å². The van der Waals surface area contributed by atoms with Gasteiger partial charge in [-0.05, 0) is 12.1 Å². The van der Waals surface area contributed by atoms with E-state index in [1.165, 1.54) is 23.7 Å². The van der Waals surface area contributed by atoms with Crippen LogP contribution in [0.5, 0.6) is 0 Å². The summed E-state index contributed by atoms with van der Waals surface area (Å²) in [4.78, 5) is 23.0. The number of nitrogens with zero attached hydrogens (tertiary/aromatic N) is 1. The third-order valence-electron chi connectivity index (χ3n) is 3.22. The van der Waals surface area contributed by atoms with Crippen LogP contribution in [0, 0.1) is 0 Å². The molecule has 19 heavy (non-hydrogen) atoms. The number of carboxylic acids is 1. The first kappa shape index (κ1) is 13.6. The molecule has 0 radical (unpaired) electrons. The molecule has 1 aliphatic heterocycles. The predicted molar refractivity (Wildman–Crippen MR) is 65.2 cm³/mol. The quantitative estimate of drug-likeness (QED) is 0.793. The van der Waals surface area contributed by atoms with Crippen molar-refractivity contribution in [3.05, 3.63) is 23.5 Å². The van der Waals surface area contributed by atoms with Crippen molar-refractivity contribution in [1.29, 1.82) is 0 Å². The van der Waals surface area contributed by atoms with Gasteiger partial charge in [0, 0.05) is 14.2 Å². The Balaban J connectivity index is 2.10. The minimum Gasteiger partial charge on any atom is -0.477 e. The Labute approximate surface area is 110 Å². The number of rotatable bonds is 4. The zero-order valence-electron chi connectivity index (χ0n) is 10.8. The van der Waals surface area contributed by atoms with Crippen molar-refractivity contribution in [2.75, 3.05) is 20.3 Å². The molecule has 2 N–H and O–H groups in total. The van der Waals surface area contributed by atoms with Crippen molar-refractivity contribution in [2.24, 2.45) is 7.05 Å². The molecule has 2 atom stereocenters. The topological polar surface area (TPSA) is 89.8 Å². The maximum absolute atomic E-state index is 12.1. The van der Waals surface area contributed by atoms with E-state index < -0.39 is 5.97 Å². The summed E-state index contributed by atoms with van der Waals surface area (Å²) in [6.07, 6.45) is -0.178. The number of ether oxygens (including phenoxy) is 2. The van der Waals surface area contributed by atoms with Crippen molar-refractivity contribution in [3.8, 4) is 0 Å². The summed E-state index contributed by atoms with van der Waals surface area (Å²) < 4.78 is 11.8. The maximum atomic E-state index is 12.1. The van der Waals surface area contributed by atoms with Gasteiger partial charge in [-0.2, -0.15) is 0 Å². The molecule has 1 fully saturated rings. The average molecular weight is 268 g/mol. The number of methoxy groups -OCH3 is 1. The summed E-state index contributed by atoms with van der Waals surface area (Å²) in [6, 6.07) is 2.66. The van der Waals surface area contributed by atoms with Crippen molar-refractivity contribution in [1.82, 2.24) is 9.88 Å². The van der Waals surface area contributed by atoms with Gasteiger partial charge in [-0.1, -0.05) is 0 Å². The van der Waals surface area contributed by atoms with Gasteiger partial charge in [-0.3, -0.25) is 4.79 Å². The van der Waals surface area contributed by atoms with Gasteiger partial charge < -0.3 is 24.5 Å². The molecule has 1 saturated heterocycles. The van der Waals surface area contributed by atoms with E-state index in [9.17, 15) is 9.59 Å².